The molecule has 2 rings (SSSR count). The van der Waals surface area contributed by atoms with Crippen molar-refractivity contribution in [3.63, 3.8) is 0 Å². The summed E-state index contributed by atoms with van der Waals surface area (Å²) in [6.07, 6.45) is 3.06. The minimum absolute atomic E-state index is 0.0141. The lowest BCUT2D eigenvalue weighted by atomic mass is 9.96. The average molecular weight is 279 g/mol. The number of methoxy groups -OCH3 is 1. The second-order valence-electron chi connectivity index (χ2n) is 4.95. The van der Waals surface area contributed by atoms with Crippen LogP contribution in [0.4, 0.5) is 10.5 Å². The Morgan fingerprint density at radius 2 is 2.15 bits per heavy atom. The van der Waals surface area contributed by atoms with Gasteiger partial charge in [0.1, 0.15) is 5.54 Å². The fourth-order valence-electron chi connectivity index (χ4n) is 1.96. The number of urea groups is 1. The van der Waals surface area contributed by atoms with E-state index in [4.69, 9.17) is 4.74 Å². The summed E-state index contributed by atoms with van der Waals surface area (Å²) in [7, 11) is 1.50. The molecule has 1 fully saturated rings. The molecule has 0 bridgehead atoms. The van der Waals surface area contributed by atoms with Crippen molar-refractivity contribution >= 4 is 17.7 Å². The van der Waals surface area contributed by atoms with Gasteiger partial charge in [-0.1, -0.05) is 0 Å². The summed E-state index contributed by atoms with van der Waals surface area (Å²) in [6.45, 7) is 1.53. The smallest absolute Gasteiger partial charge is 0.329 e. The van der Waals surface area contributed by atoms with Crippen LogP contribution in [0.5, 0.6) is 5.88 Å². The highest BCUT2D eigenvalue weighted by Crippen LogP contribution is 2.39. The molecule has 20 heavy (non-hydrogen) atoms. The molecule has 1 atom stereocenters. The fourth-order valence-corrected chi connectivity index (χ4v) is 1.96. The van der Waals surface area contributed by atoms with Crippen molar-refractivity contribution in [2.24, 2.45) is 5.92 Å². The number of nitrogens with one attached hydrogen (secondary N) is 2. The standard InChI is InChI=1S/C13H17N3O4/c1-13(11(17)18,8-3-4-8)16-12(19)15-9-5-6-10(20-2)14-7-9/h5-8H,3-4H2,1-2H3,(H,17,18)(H2,15,16,19). The number of carboxylic acids is 1. The second kappa shape index (κ2) is 5.36. The molecule has 0 spiro atoms. The SMILES string of the molecule is COc1ccc(NC(=O)NC(C)(C(=O)O)C2CC2)cn1. The van der Waals surface area contributed by atoms with E-state index in [0.29, 0.717) is 11.6 Å². The van der Waals surface area contributed by atoms with Crippen molar-refractivity contribution in [2.45, 2.75) is 25.3 Å². The quantitative estimate of drug-likeness (QED) is 0.757. The number of nitrogens with zero attached hydrogens (tertiary/aromatic N) is 1. The molecule has 3 N–H and O–H groups in total. The van der Waals surface area contributed by atoms with E-state index in [0.717, 1.165) is 12.8 Å². The van der Waals surface area contributed by atoms with Crippen molar-refractivity contribution in [2.75, 3.05) is 12.4 Å². The number of carboxylic acid groups (broad SMARTS) is 1. The monoisotopic (exact) mass is 279 g/mol. The lowest BCUT2D eigenvalue weighted by Gasteiger charge is -2.26. The largest absolute Gasteiger partial charge is 0.481 e. The maximum Gasteiger partial charge on any atom is 0.329 e. The maximum atomic E-state index is 11.9. The molecule has 7 heteroatoms. The summed E-state index contributed by atoms with van der Waals surface area (Å²) in [5.41, 5.74) is -0.767. The minimum Gasteiger partial charge on any atom is -0.481 e. The zero-order chi connectivity index (χ0) is 14.8. The van der Waals surface area contributed by atoms with Gasteiger partial charge in [-0.2, -0.15) is 0 Å². The van der Waals surface area contributed by atoms with Gasteiger partial charge in [0.25, 0.3) is 0 Å². The van der Waals surface area contributed by atoms with Gasteiger partial charge in [0.15, 0.2) is 0 Å². The summed E-state index contributed by atoms with van der Waals surface area (Å²) in [6, 6.07) is 2.67. The molecule has 0 aliphatic heterocycles. The first-order valence-corrected chi connectivity index (χ1v) is 6.28. The van der Waals surface area contributed by atoms with E-state index in [1.54, 1.807) is 12.1 Å². The van der Waals surface area contributed by atoms with E-state index >= 15 is 0 Å². The van der Waals surface area contributed by atoms with Crippen molar-refractivity contribution < 1.29 is 19.4 Å². The number of amides is 2. The lowest BCUT2D eigenvalue weighted by molar-refractivity contribution is -0.144. The normalized spacial score (nSPS) is 16.9. The van der Waals surface area contributed by atoms with E-state index in [-0.39, 0.29) is 5.92 Å². The van der Waals surface area contributed by atoms with Gasteiger partial charge in [0, 0.05) is 6.07 Å². The molecule has 1 aromatic heterocycles. The van der Waals surface area contributed by atoms with Crippen LogP contribution in [-0.2, 0) is 4.79 Å². The average Bonchev–Trinajstić information content (AvgIpc) is 3.23. The van der Waals surface area contributed by atoms with E-state index in [1.807, 2.05) is 0 Å². The van der Waals surface area contributed by atoms with Crippen LogP contribution in [0, 0.1) is 5.92 Å². The molecule has 1 aliphatic rings. The number of pyridine rings is 1. The van der Waals surface area contributed by atoms with Crippen LogP contribution in [0.3, 0.4) is 0 Å². The van der Waals surface area contributed by atoms with Crippen LogP contribution >= 0.6 is 0 Å². The van der Waals surface area contributed by atoms with Gasteiger partial charge in [-0.05, 0) is 31.7 Å². The third-order valence-electron chi connectivity index (χ3n) is 3.41. The zero-order valence-corrected chi connectivity index (χ0v) is 11.3. The fraction of sp³-hybridized carbons (Fsp3) is 0.462. The molecule has 0 saturated heterocycles. The van der Waals surface area contributed by atoms with Crippen LogP contribution in [0.15, 0.2) is 18.3 Å². The van der Waals surface area contributed by atoms with Crippen molar-refractivity contribution in [1.82, 2.24) is 10.3 Å². The highest BCUT2D eigenvalue weighted by Gasteiger charge is 2.48. The second-order valence-corrected chi connectivity index (χ2v) is 4.95. The zero-order valence-electron chi connectivity index (χ0n) is 11.3. The Kier molecular flexibility index (Phi) is 3.78. The van der Waals surface area contributed by atoms with Gasteiger partial charge in [-0.15, -0.1) is 0 Å². The highest BCUT2D eigenvalue weighted by atomic mass is 16.5. The molecule has 1 saturated carbocycles. The molecule has 108 valence electrons. The number of rotatable bonds is 5. The van der Waals surface area contributed by atoms with Crippen molar-refractivity contribution in [3.05, 3.63) is 18.3 Å². The first-order valence-electron chi connectivity index (χ1n) is 6.28. The third-order valence-corrected chi connectivity index (χ3v) is 3.41. The molecule has 2 amide bonds. The summed E-state index contributed by atoms with van der Waals surface area (Å²) < 4.78 is 4.91. The van der Waals surface area contributed by atoms with Gasteiger partial charge in [0.05, 0.1) is 19.0 Å². The number of anilines is 1. The lowest BCUT2D eigenvalue weighted by Crippen LogP contribution is -2.55. The number of hydrogen-bond acceptors (Lipinski definition) is 4. The Morgan fingerprint density at radius 3 is 2.60 bits per heavy atom. The molecule has 1 heterocycles. The summed E-state index contributed by atoms with van der Waals surface area (Å²) in [5, 5.41) is 14.3. The van der Waals surface area contributed by atoms with Gasteiger partial charge < -0.3 is 20.5 Å². The van der Waals surface area contributed by atoms with E-state index in [1.165, 1.54) is 20.2 Å². The highest BCUT2D eigenvalue weighted by molar-refractivity contribution is 5.94. The van der Waals surface area contributed by atoms with E-state index in [9.17, 15) is 14.7 Å². The van der Waals surface area contributed by atoms with Crippen molar-refractivity contribution in [1.29, 1.82) is 0 Å². The molecule has 0 radical (unpaired) electrons. The summed E-state index contributed by atoms with van der Waals surface area (Å²) in [5.74, 6) is -0.605. The Bertz CT molecular complexity index is 513. The van der Waals surface area contributed by atoms with E-state index < -0.39 is 17.5 Å². The van der Waals surface area contributed by atoms with Gasteiger partial charge in [-0.25, -0.2) is 14.6 Å². The molecule has 7 nitrogen and oxygen atoms in total. The Labute approximate surface area is 116 Å². The van der Waals surface area contributed by atoms with Crippen LogP contribution in [0.1, 0.15) is 19.8 Å². The molecule has 1 aromatic rings. The van der Waals surface area contributed by atoms with Gasteiger partial charge in [-0.3, -0.25) is 0 Å². The summed E-state index contributed by atoms with van der Waals surface area (Å²) >= 11 is 0. The first-order chi connectivity index (χ1) is 9.45. The van der Waals surface area contributed by atoms with Crippen LogP contribution in [0.25, 0.3) is 0 Å². The van der Waals surface area contributed by atoms with E-state index in [2.05, 4.69) is 15.6 Å². The minimum atomic E-state index is -1.23. The number of carbonyl (C=O) groups excluding carboxylic acids is 1. The predicted octanol–water partition coefficient (Wildman–Crippen LogP) is 1.46. The predicted molar refractivity (Wildman–Crippen MR) is 71.7 cm³/mol. The number of aromatic nitrogens is 1. The molecule has 0 aromatic carbocycles. The molecule has 1 aliphatic carbocycles. The van der Waals surface area contributed by atoms with Gasteiger partial charge >= 0.3 is 12.0 Å². The van der Waals surface area contributed by atoms with Crippen LogP contribution < -0.4 is 15.4 Å². The van der Waals surface area contributed by atoms with Crippen molar-refractivity contribution in [3.8, 4) is 5.88 Å². The first kappa shape index (κ1) is 14.1. The number of carbonyl (C=O) groups is 2. The Hall–Kier alpha value is -2.31. The number of aliphatic carboxylic acids is 1. The van der Waals surface area contributed by atoms with Crippen LogP contribution in [0.2, 0.25) is 0 Å². The summed E-state index contributed by atoms with van der Waals surface area (Å²) in [4.78, 5) is 27.1. The number of ether oxygens (including phenoxy) is 1. The van der Waals surface area contributed by atoms with Gasteiger partial charge in [0.2, 0.25) is 5.88 Å². The Balaban J connectivity index is 1.98. The van der Waals surface area contributed by atoms with Crippen LogP contribution in [-0.4, -0.2) is 34.7 Å². The number of hydrogen-bond donors (Lipinski definition) is 3. The maximum absolute atomic E-state index is 11.9. The topological polar surface area (TPSA) is 101 Å². The molecule has 1 unspecified atom stereocenters. The third kappa shape index (κ3) is 2.98. The molecular formula is C13H17N3O4. The molecular weight excluding hydrogens is 262 g/mol. The Morgan fingerprint density at radius 1 is 1.45 bits per heavy atom.